The van der Waals surface area contributed by atoms with Crippen LogP contribution in [0, 0.1) is 6.92 Å². The Labute approximate surface area is 108 Å². The van der Waals surface area contributed by atoms with Gasteiger partial charge in [0, 0.05) is 13.2 Å². The highest BCUT2D eigenvalue weighted by Crippen LogP contribution is 2.21. The summed E-state index contributed by atoms with van der Waals surface area (Å²) < 4.78 is 6.76. The molecule has 0 aliphatic heterocycles. The summed E-state index contributed by atoms with van der Waals surface area (Å²) in [6.45, 7) is 1.46. The van der Waals surface area contributed by atoms with E-state index in [9.17, 15) is 9.59 Å². The van der Waals surface area contributed by atoms with Crippen molar-refractivity contribution < 1.29 is 19.4 Å². The van der Waals surface area contributed by atoms with Gasteiger partial charge in [0.25, 0.3) is 5.91 Å². The van der Waals surface area contributed by atoms with Crippen molar-refractivity contribution in [2.45, 2.75) is 6.92 Å². The number of ether oxygens (including phenoxy) is 1. The fourth-order valence-corrected chi connectivity index (χ4v) is 1.74. The van der Waals surface area contributed by atoms with Crippen molar-refractivity contribution in [3.05, 3.63) is 29.7 Å². The van der Waals surface area contributed by atoms with E-state index in [4.69, 9.17) is 9.84 Å². The quantitative estimate of drug-likeness (QED) is 0.836. The van der Waals surface area contributed by atoms with Gasteiger partial charge in [0.2, 0.25) is 0 Å². The van der Waals surface area contributed by atoms with Crippen molar-refractivity contribution in [3.63, 3.8) is 0 Å². The van der Waals surface area contributed by atoms with Gasteiger partial charge in [0.1, 0.15) is 0 Å². The highest BCUT2D eigenvalue weighted by atomic mass is 16.5. The molecule has 2 N–H and O–H groups in total. The number of likely N-dealkylation sites (N-methyl/N-ethyl adjacent to an activating group) is 1. The van der Waals surface area contributed by atoms with Crippen molar-refractivity contribution in [1.29, 1.82) is 0 Å². The number of aromatic carboxylic acids is 1. The van der Waals surface area contributed by atoms with Gasteiger partial charge in [-0.2, -0.15) is 0 Å². The lowest BCUT2D eigenvalue weighted by molar-refractivity contribution is -0.122. The van der Waals surface area contributed by atoms with E-state index in [0.717, 1.165) is 0 Å². The minimum atomic E-state index is -1.06. The summed E-state index contributed by atoms with van der Waals surface area (Å²) in [5, 5.41) is 11.6. The van der Waals surface area contributed by atoms with Crippen LogP contribution in [0.15, 0.2) is 18.3 Å². The van der Waals surface area contributed by atoms with E-state index in [1.54, 1.807) is 25.3 Å². The largest absolute Gasteiger partial charge is 0.480 e. The molecule has 0 aliphatic rings. The molecule has 2 aromatic heterocycles. The number of pyridine rings is 1. The zero-order valence-electron chi connectivity index (χ0n) is 10.5. The van der Waals surface area contributed by atoms with Gasteiger partial charge in [-0.15, -0.1) is 0 Å². The predicted molar refractivity (Wildman–Crippen MR) is 66.5 cm³/mol. The first kappa shape index (κ1) is 12.9. The Bertz CT molecular complexity index is 648. The number of nitrogens with one attached hydrogen (secondary N) is 1. The molecule has 100 valence electrons. The average Bonchev–Trinajstić information content (AvgIpc) is 2.72. The number of hydrogen-bond donors (Lipinski definition) is 2. The molecule has 1 amide bonds. The molecule has 0 spiro atoms. The topological polar surface area (TPSA) is 92.9 Å². The zero-order chi connectivity index (χ0) is 14.0. The van der Waals surface area contributed by atoms with E-state index in [0.29, 0.717) is 17.1 Å². The normalized spacial score (nSPS) is 10.4. The Balaban J connectivity index is 2.44. The Kier molecular flexibility index (Phi) is 3.37. The first-order valence-corrected chi connectivity index (χ1v) is 5.59. The van der Waals surface area contributed by atoms with Crippen molar-refractivity contribution in [3.8, 4) is 5.75 Å². The number of fused-ring (bicyclic) bond motifs is 1. The molecule has 19 heavy (non-hydrogen) atoms. The Morgan fingerprint density at radius 2 is 2.26 bits per heavy atom. The van der Waals surface area contributed by atoms with E-state index in [-0.39, 0.29) is 18.2 Å². The van der Waals surface area contributed by atoms with Crippen molar-refractivity contribution in [1.82, 2.24) is 14.7 Å². The lowest BCUT2D eigenvalue weighted by Crippen LogP contribution is -2.24. The molecule has 0 atom stereocenters. The molecule has 0 fully saturated rings. The molecular weight excluding hydrogens is 250 g/mol. The van der Waals surface area contributed by atoms with Crippen molar-refractivity contribution >= 4 is 17.5 Å². The van der Waals surface area contributed by atoms with Gasteiger partial charge >= 0.3 is 5.97 Å². The molecule has 0 unspecified atom stereocenters. The fraction of sp³-hybridized carbons (Fsp3) is 0.250. The first-order valence-electron chi connectivity index (χ1n) is 5.59. The number of carboxylic acid groups (broad SMARTS) is 1. The van der Waals surface area contributed by atoms with Crippen LogP contribution in [0.25, 0.3) is 5.65 Å². The lowest BCUT2D eigenvalue weighted by atomic mass is 10.3. The molecule has 0 saturated heterocycles. The molecule has 7 heteroatoms. The third-order valence-electron chi connectivity index (χ3n) is 2.63. The number of carbonyl (C=O) groups excluding carboxylic acids is 1. The molecule has 0 aromatic carbocycles. The third-order valence-corrected chi connectivity index (χ3v) is 2.63. The van der Waals surface area contributed by atoms with E-state index in [1.165, 1.54) is 11.4 Å². The monoisotopic (exact) mass is 263 g/mol. The number of rotatable bonds is 4. The fourth-order valence-electron chi connectivity index (χ4n) is 1.74. The number of carbonyl (C=O) groups is 2. The second kappa shape index (κ2) is 4.97. The van der Waals surface area contributed by atoms with Crippen molar-refractivity contribution in [2.24, 2.45) is 0 Å². The summed E-state index contributed by atoms with van der Waals surface area (Å²) in [6.07, 6.45) is 1.59. The van der Waals surface area contributed by atoms with E-state index < -0.39 is 5.97 Å². The maximum atomic E-state index is 11.2. The Morgan fingerprint density at radius 1 is 1.53 bits per heavy atom. The smallest absolute Gasteiger partial charge is 0.354 e. The van der Waals surface area contributed by atoms with Crippen LogP contribution in [0.1, 0.15) is 16.2 Å². The lowest BCUT2D eigenvalue weighted by Gasteiger charge is -2.06. The number of nitrogens with zero attached hydrogens (tertiary/aromatic N) is 2. The van der Waals surface area contributed by atoms with Gasteiger partial charge in [-0.05, 0) is 19.1 Å². The van der Waals surface area contributed by atoms with Gasteiger partial charge in [0.05, 0.1) is 5.69 Å². The van der Waals surface area contributed by atoms with Crippen LogP contribution in [0.5, 0.6) is 5.75 Å². The minimum absolute atomic E-state index is 0.0837. The zero-order valence-corrected chi connectivity index (χ0v) is 10.5. The molecule has 7 nitrogen and oxygen atoms in total. The molecular formula is C12H13N3O4. The third kappa shape index (κ3) is 2.35. The molecule has 0 aliphatic carbocycles. The minimum Gasteiger partial charge on any atom is -0.480 e. The number of hydrogen-bond acceptors (Lipinski definition) is 4. The SMILES string of the molecule is CNC(=O)COc1cccn2c(C(=O)O)c(C)nc12. The molecule has 0 bridgehead atoms. The van der Waals surface area contributed by atoms with E-state index in [1.807, 2.05) is 0 Å². The number of imidazole rings is 1. The predicted octanol–water partition coefficient (Wildman–Crippen LogP) is 0.466. The standard InChI is InChI=1S/C12H13N3O4/c1-7-10(12(17)18)15-5-3-4-8(11(15)14-7)19-6-9(16)13-2/h3-5H,6H2,1-2H3,(H,13,16)(H,17,18). The maximum Gasteiger partial charge on any atom is 0.354 e. The Morgan fingerprint density at radius 3 is 2.89 bits per heavy atom. The van der Waals surface area contributed by atoms with Gasteiger partial charge in [0.15, 0.2) is 23.7 Å². The number of amides is 1. The van der Waals surface area contributed by atoms with Crippen LogP contribution in [0.3, 0.4) is 0 Å². The van der Waals surface area contributed by atoms with Crippen molar-refractivity contribution in [2.75, 3.05) is 13.7 Å². The number of aryl methyl sites for hydroxylation is 1. The summed E-state index contributed by atoms with van der Waals surface area (Å²) in [7, 11) is 1.51. The second-order valence-electron chi connectivity index (χ2n) is 3.88. The second-order valence-corrected chi connectivity index (χ2v) is 3.88. The van der Waals surface area contributed by atoms with Crippen LogP contribution in [-0.4, -0.2) is 40.0 Å². The van der Waals surface area contributed by atoms with Gasteiger partial charge in [-0.3, -0.25) is 9.20 Å². The average molecular weight is 263 g/mol. The van der Waals surface area contributed by atoms with Gasteiger partial charge in [-0.1, -0.05) is 0 Å². The maximum absolute atomic E-state index is 11.2. The van der Waals surface area contributed by atoms with Crippen LogP contribution < -0.4 is 10.1 Å². The van der Waals surface area contributed by atoms with Crippen LogP contribution in [0.4, 0.5) is 0 Å². The molecule has 2 aromatic rings. The Hall–Kier alpha value is -2.57. The molecule has 2 heterocycles. The summed E-state index contributed by atoms with van der Waals surface area (Å²) >= 11 is 0. The van der Waals surface area contributed by atoms with E-state index >= 15 is 0 Å². The van der Waals surface area contributed by atoms with Crippen LogP contribution in [-0.2, 0) is 4.79 Å². The summed E-state index contributed by atoms with van der Waals surface area (Å²) in [4.78, 5) is 26.5. The molecule has 2 rings (SSSR count). The van der Waals surface area contributed by atoms with Gasteiger partial charge < -0.3 is 15.2 Å². The molecule has 0 saturated carbocycles. The summed E-state index contributed by atoms with van der Waals surface area (Å²) in [6, 6.07) is 3.27. The van der Waals surface area contributed by atoms with Crippen LogP contribution in [0.2, 0.25) is 0 Å². The first-order chi connectivity index (χ1) is 9.04. The summed E-state index contributed by atoms with van der Waals surface area (Å²) in [5.74, 6) is -0.973. The number of aromatic nitrogens is 2. The number of carboxylic acids is 1. The summed E-state index contributed by atoms with van der Waals surface area (Å²) in [5.41, 5.74) is 0.852. The highest BCUT2D eigenvalue weighted by Gasteiger charge is 2.17. The molecule has 0 radical (unpaired) electrons. The van der Waals surface area contributed by atoms with Crippen LogP contribution >= 0.6 is 0 Å². The van der Waals surface area contributed by atoms with Gasteiger partial charge in [-0.25, -0.2) is 9.78 Å². The highest BCUT2D eigenvalue weighted by molar-refractivity contribution is 5.88. The van der Waals surface area contributed by atoms with E-state index in [2.05, 4.69) is 10.3 Å².